The predicted octanol–water partition coefficient (Wildman–Crippen LogP) is 3.04. The van der Waals surface area contributed by atoms with E-state index in [4.69, 9.17) is 0 Å². The lowest BCUT2D eigenvalue weighted by atomic mass is 10.1. The zero-order chi connectivity index (χ0) is 13.5. The molecule has 0 spiro atoms. The van der Waals surface area contributed by atoms with Crippen molar-refractivity contribution in [3.63, 3.8) is 0 Å². The molecule has 0 aliphatic carbocycles. The molecule has 4 heteroatoms. The number of thiophene rings is 1. The molecule has 0 aliphatic heterocycles. The molecule has 0 fully saturated rings. The fraction of sp³-hybridized carbons (Fsp3) is 0.267. The standard InChI is InChI=1S/C15H18N2OS/c1-16-10-13-3-2-4-14(9-13)17-15(18)6-5-12-7-8-19-11-12/h2-4,7-9,11,16H,5-6,10H2,1H3,(H,17,18). The molecule has 0 radical (unpaired) electrons. The van der Waals surface area contributed by atoms with E-state index in [1.54, 1.807) is 11.3 Å². The number of amides is 1. The number of carbonyl (C=O) groups excluding carboxylic acids is 1. The van der Waals surface area contributed by atoms with Crippen LogP contribution in [0.25, 0.3) is 0 Å². The van der Waals surface area contributed by atoms with Crippen molar-refractivity contribution < 1.29 is 4.79 Å². The molecule has 0 saturated heterocycles. The Morgan fingerprint density at radius 2 is 2.16 bits per heavy atom. The highest BCUT2D eigenvalue weighted by atomic mass is 32.1. The number of anilines is 1. The minimum absolute atomic E-state index is 0.0628. The number of hydrogen-bond acceptors (Lipinski definition) is 3. The summed E-state index contributed by atoms with van der Waals surface area (Å²) in [4.78, 5) is 11.9. The minimum atomic E-state index is 0.0628. The number of carbonyl (C=O) groups is 1. The van der Waals surface area contributed by atoms with Crippen LogP contribution in [-0.2, 0) is 17.8 Å². The first-order valence-corrected chi connectivity index (χ1v) is 7.26. The van der Waals surface area contributed by atoms with Gasteiger partial charge in [-0.3, -0.25) is 4.79 Å². The van der Waals surface area contributed by atoms with Crippen LogP contribution in [0.3, 0.4) is 0 Å². The van der Waals surface area contributed by atoms with Gasteiger partial charge in [0.15, 0.2) is 0 Å². The molecule has 3 nitrogen and oxygen atoms in total. The van der Waals surface area contributed by atoms with E-state index in [-0.39, 0.29) is 5.91 Å². The van der Waals surface area contributed by atoms with Gasteiger partial charge in [0, 0.05) is 18.7 Å². The van der Waals surface area contributed by atoms with Crippen molar-refractivity contribution >= 4 is 22.9 Å². The van der Waals surface area contributed by atoms with Crippen LogP contribution in [0.1, 0.15) is 17.5 Å². The van der Waals surface area contributed by atoms with Crippen LogP contribution in [-0.4, -0.2) is 13.0 Å². The quantitative estimate of drug-likeness (QED) is 0.850. The van der Waals surface area contributed by atoms with Crippen molar-refractivity contribution in [1.82, 2.24) is 5.32 Å². The van der Waals surface area contributed by atoms with Gasteiger partial charge in [0.2, 0.25) is 5.91 Å². The fourth-order valence-electron chi connectivity index (χ4n) is 1.88. The van der Waals surface area contributed by atoms with Crippen LogP contribution < -0.4 is 10.6 Å². The Morgan fingerprint density at radius 3 is 2.89 bits per heavy atom. The van der Waals surface area contributed by atoms with E-state index in [1.165, 1.54) is 5.56 Å². The molecule has 0 bridgehead atoms. The molecule has 1 aromatic heterocycles. The summed E-state index contributed by atoms with van der Waals surface area (Å²) >= 11 is 1.66. The van der Waals surface area contributed by atoms with Gasteiger partial charge in [-0.15, -0.1) is 0 Å². The summed E-state index contributed by atoms with van der Waals surface area (Å²) < 4.78 is 0. The Balaban J connectivity index is 1.86. The van der Waals surface area contributed by atoms with Gasteiger partial charge >= 0.3 is 0 Å². The third-order valence-corrected chi connectivity index (χ3v) is 3.54. The van der Waals surface area contributed by atoms with Gasteiger partial charge in [-0.1, -0.05) is 12.1 Å². The summed E-state index contributed by atoms with van der Waals surface area (Å²) in [6.07, 6.45) is 1.32. The zero-order valence-electron chi connectivity index (χ0n) is 11.0. The van der Waals surface area contributed by atoms with Crippen molar-refractivity contribution in [1.29, 1.82) is 0 Å². The second-order valence-corrected chi connectivity index (χ2v) is 5.19. The van der Waals surface area contributed by atoms with E-state index >= 15 is 0 Å². The molecule has 0 atom stereocenters. The van der Waals surface area contributed by atoms with Gasteiger partial charge in [0.05, 0.1) is 0 Å². The Kier molecular flexibility index (Phi) is 5.12. The van der Waals surface area contributed by atoms with E-state index in [9.17, 15) is 4.79 Å². The maximum absolute atomic E-state index is 11.9. The van der Waals surface area contributed by atoms with Gasteiger partial charge in [-0.25, -0.2) is 0 Å². The highest BCUT2D eigenvalue weighted by Gasteiger charge is 2.04. The highest BCUT2D eigenvalue weighted by Crippen LogP contribution is 2.12. The Morgan fingerprint density at radius 1 is 1.26 bits per heavy atom. The molecular formula is C15H18N2OS. The Hall–Kier alpha value is -1.65. The predicted molar refractivity (Wildman–Crippen MR) is 80.5 cm³/mol. The molecule has 1 heterocycles. The van der Waals surface area contributed by atoms with Gasteiger partial charge in [-0.2, -0.15) is 11.3 Å². The second kappa shape index (κ2) is 7.07. The average molecular weight is 274 g/mol. The largest absolute Gasteiger partial charge is 0.326 e. The third kappa shape index (κ3) is 4.50. The van der Waals surface area contributed by atoms with Crippen LogP contribution in [0.2, 0.25) is 0 Å². The maximum Gasteiger partial charge on any atom is 0.224 e. The monoisotopic (exact) mass is 274 g/mol. The van der Waals surface area contributed by atoms with E-state index < -0.39 is 0 Å². The molecular weight excluding hydrogens is 256 g/mol. The van der Waals surface area contributed by atoms with Crippen molar-refractivity contribution in [2.45, 2.75) is 19.4 Å². The van der Waals surface area contributed by atoms with E-state index in [2.05, 4.69) is 22.1 Å². The van der Waals surface area contributed by atoms with Crippen LogP contribution in [0.5, 0.6) is 0 Å². The van der Waals surface area contributed by atoms with E-state index in [0.29, 0.717) is 6.42 Å². The van der Waals surface area contributed by atoms with Gasteiger partial charge in [-0.05, 0) is 53.6 Å². The lowest BCUT2D eigenvalue weighted by Crippen LogP contribution is -2.13. The van der Waals surface area contributed by atoms with Gasteiger partial charge < -0.3 is 10.6 Å². The summed E-state index contributed by atoms with van der Waals surface area (Å²) in [5.74, 6) is 0.0628. The Bertz CT molecular complexity index is 523. The lowest BCUT2D eigenvalue weighted by molar-refractivity contribution is -0.116. The molecule has 1 amide bonds. The molecule has 19 heavy (non-hydrogen) atoms. The smallest absolute Gasteiger partial charge is 0.224 e. The summed E-state index contributed by atoms with van der Waals surface area (Å²) in [5.41, 5.74) is 3.25. The van der Waals surface area contributed by atoms with E-state index in [1.807, 2.05) is 36.7 Å². The molecule has 2 rings (SSSR count). The molecule has 0 unspecified atom stereocenters. The fourth-order valence-corrected chi connectivity index (χ4v) is 2.58. The number of rotatable bonds is 6. The van der Waals surface area contributed by atoms with Crippen molar-refractivity contribution in [2.75, 3.05) is 12.4 Å². The summed E-state index contributed by atoms with van der Waals surface area (Å²) in [6.45, 7) is 0.804. The van der Waals surface area contributed by atoms with E-state index in [0.717, 1.165) is 24.2 Å². The lowest BCUT2D eigenvalue weighted by Gasteiger charge is -2.07. The first-order valence-electron chi connectivity index (χ1n) is 6.32. The third-order valence-electron chi connectivity index (χ3n) is 2.81. The van der Waals surface area contributed by atoms with Crippen LogP contribution >= 0.6 is 11.3 Å². The average Bonchev–Trinajstić information content (AvgIpc) is 2.90. The maximum atomic E-state index is 11.9. The van der Waals surface area contributed by atoms with Gasteiger partial charge in [0.1, 0.15) is 0 Å². The number of nitrogens with one attached hydrogen (secondary N) is 2. The summed E-state index contributed by atoms with van der Waals surface area (Å²) in [5, 5.41) is 10.2. The van der Waals surface area contributed by atoms with Crippen molar-refractivity contribution in [2.24, 2.45) is 0 Å². The molecule has 2 aromatic rings. The normalized spacial score (nSPS) is 10.4. The SMILES string of the molecule is CNCc1cccc(NC(=O)CCc2ccsc2)c1. The van der Waals surface area contributed by atoms with Crippen LogP contribution in [0, 0.1) is 0 Å². The summed E-state index contributed by atoms with van der Waals surface area (Å²) in [7, 11) is 1.91. The first kappa shape index (κ1) is 13.8. The Labute approximate surface area is 117 Å². The summed E-state index contributed by atoms with van der Waals surface area (Å²) in [6, 6.07) is 9.98. The highest BCUT2D eigenvalue weighted by molar-refractivity contribution is 7.07. The molecule has 100 valence electrons. The van der Waals surface area contributed by atoms with Gasteiger partial charge in [0.25, 0.3) is 0 Å². The molecule has 2 N–H and O–H groups in total. The number of benzene rings is 1. The molecule has 0 aliphatic rings. The van der Waals surface area contributed by atoms with Crippen LogP contribution in [0.4, 0.5) is 5.69 Å². The number of aryl methyl sites for hydroxylation is 1. The molecule has 0 saturated carbocycles. The first-order chi connectivity index (χ1) is 9.28. The van der Waals surface area contributed by atoms with Crippen molar-refractivity contribution in [3.05, 3.63) is 52.2 Å². The zero-order valence-corrected chi connectivity index (χ0v) is 11.8. The second-order valence-electron chi connectivity index (χ2n) is 4.41. The topological polar surface area (TPSA) is 41.1 Å². The van der Waals surface area contributed by atoms with Crippen molar-refractivity contribution in [3.8, 4) is 0 Å². The minimum Gasteiger partial charge on any atom is -0.326 e. The molecule has 1 aromatic carbocycles. The number of hydrogen-bond donors (Lipinski definition) is 2. The van der Waals surface area contributed by atoms with Crippen LogP contribution in [0.15, 0.2) is 41.1 Å².